The smallest absolute Gasteiger partial charge is 0.290 e. The van der Waals surface area contributed by atoms with E-state index in [1.807, 2.05) is 59.4 Å². The van der Waals surface area contributed by atoms with Gasteiger partial charge < -0.3 is 5.32 Å². The molecule has 0 unspecified atom stereocenters. The number of hydrogen-bond acceptors (Lipinski definition) is 1. The molecule has 1 aromatic heterocycles. The van der Waals surface area contributed by atoms with Gasteiger partial charge in [-0.05, 0) is 35.6 Å². The molecule has 1 atom stereocenters. The van der Waals surface area contributed by atoms with Crippen molar-refractivity contribution in [1.29, 1.82) is 0 Å². The normalized spacial score (nSPS) is 11.8. The van der Waals surface area contributed by atoms with Gasteiger partial charge in [-0.2, -0.15) is 4.57 Å². The maximum atomic E-state index is 12.6. The van der Waals surface area contributed by atoms with Crippen LogP contribution >= 0.6 is 0 Å². The van der Waals surface area contributed by atoms with Crippen LogP contribution in [0.2, 0.25) is 0 Å². The number of para-hydroxylation sites is 1. The first kappa shape index (κ1) is 17.9. The van der Waals surface area contributed by atoms with Gasteiger partial charge in [-0.25, -0.2) is 0 Å². The average molecular weight is 345 g/mol. The first-order chi connectivity index (χ1) is 12.7. The van der Waals surface area contributed by atoms with Crippen LogP contribution < -0.4 is 9.88 Å². The molecule has 0 fully saturated rings. The van der Waals surface area contributed by atoms with E-state index in [-0.39, 0.29) is 12.5 Å². The molecule has 3 nitrogen and oxygen atoms in total. The van der Waals surface area contributed by atoms with E-state index in [0.717, 1.165) is 23.2 Å². The number of rotatable bonds is 6. The van der Waals surface area contributed by atoms with Gasteiger partial charge in [0.2, 0.25) is 6.54 Å². The number of carbonyl (C=O) groups excluding carboxylic acids is 1. The SMILES string of the molecule is CC[C@@H](C)c1ccccc1NC(=O)C[n+]1cccc(-c2ccccc2)c1. The fraction of sp³-hybridized carbons (Fsp3) is 0.217. The monoisotopic (exact) mass is 345 g/mol. The van der Waals surface area contributed by atoms with E-state index in [1.54, 1.807) is 0 Å². The summed E-state index contributed by atoms with van der Waals surface area (Å²) < 4.78 is 1.92. The fourth-order valence-electron chi connectivity index (χ4n) is 3.04. The van der Waals surface area contributed by atoms with Crippen LogP contribution in [0.25, 0.3) is 11.1 Å². The van der Waals surface area contributed by atoms with Gasteiger partial charge in [0.05, 0.1) is 0 Å². The molecule has 3 aromatic rings. The summed E-state index contributed by atoms with van der Waals surface area (Å²) in [6, 6.07) is 22.3. The summed E-state index contributed by atoms with van der Waals surface area (Å²) in [5.41, 5.74) is 4.34. The highest BCUT2D eigenvalue weighted by molar-refractivity contribution is 5.90. The van der Waals surface area contributed by atoms with Gasteiger partial charge in [-0.1, -0.05) is 62.4 Å². The molecule has 132 valence electrons. The molecule has 1 amide bonds. The van der Waals surface area contributed by atoms with Crippen LogP contribution in [-0.2, 0) is 11.3 Å². The molecule has 0 saturated carbocycles. The molecular formula is C23H25N2O+. The number of nitrogens with zero attached hydrogens (tertiary/aromatic N) is 1. The van der Waals surface area contributed by atoms with Gasteiger partial charge in [-0.15, -0.1) is 0 Å². The Labute approximate surface area is 155 Å². The Kier molecular flexibility index (Phi) is 5.80. The number of benzene rings is 2. The van der Waals surface area contributed by atoms with Crippen LogP contribution in [0.1, 0.15) is 31.7 Å². The van der Waals surface area contributed by atoms with Gasteiger partial charge in [0, 0.05) is 17.3 Å². The molecule has 0 spiro atoms. The summed E-state index contributed by atoms with van der Waals surface area (Å²) >= 11 is 0. The summed E-state index contributed by atoms with van der Waals surface area (Å²) in [7, 11) is 0. The van der Waals surface area contributed by atoms with E-state index in [9.17, 15) is 4.79 Å². The number of pyridine rings is 1. The quantitative estimate of drug-likeness (QED) is 0.640. The minimum atomic E-state index is -0.0176. The number of aromatic nitrogens is 1. The second kappa shape index (κ2) is 8.43. The van der Waals surface area contributed by atoms with Crippen molar-refractivity contribution in [3.63, 3.8) is 0 Å². The molecule has 2 aromatic carbocycles. The molecule has 1 N–H and O–H groups in total. The molecule has 0 aliphatic heterocycles. The lowest BCUT2D eigenvalue weighted by atomic mass is 9.97. The van der Waals surface area contributed by atoms with Gasteiger partial charge in [0.1, 0.15) is 0 Å². The Balaban J connectivity index is 1.74. The first-order valence-corrected chi connectivity index (χ1v) is 9.10. The number of nitrogens with one attached hydrogen (secondary N) is 1. The standard InChI is InChI=1S/C23H24N2O/c1-3-18(2)21-13-7-8-14-22(21)24-23(26)17-25-15-9-12-20(16-25)19-10-5-4-6-11-19/h4-16,18H,3,17H2,1-2H3/p+1/t18-/m1/s1. The third kappa shape index (κ3) is 4.37. The molecule has 1 heterocycles. The highest BCUT2D eigenvalue weighted by Crippen LogP contribution is 2.26. The van der Waals surface area contributed by atoms with Crippen molar-refractivity contribution < 1.29 is 9.36 Å². The van der Waals surface area contributed by atoms with Crippen LogP contribution in [-0.4, -0.2) is 5.91 Å². The molecule has 0 aliphatic carbocycles. The van der Waals surface area contributed by atoms with Crippen LogP contribution in [0.3, 0.4) is 0 Å². The van der Waals surface area contributed by atoms with Gasteiger partial charge in [0.15, 0.2) is 12.4 Å². The molecular weight excluding hydrogens is 320 g/mol. The Hall–Kier alpha value is -2.94. The minimum absolute atomic E-state index is 0.0176. The molecule has 0 bridgehead atoms. The maximum absolute atomic E-state index is 12.6. The molecule has 26 heavy (non-hydrogen) atoms. The van der Waals surface area contributed by atoms with Crippen LogP contribution in [0, 0.1) is 0 Å². The first-order valence-electron chi connectivity index (χ1n) is 9.10. The summed E-state index contributed by atoms with van der Waals surface area (Å²) in [6.07, 6.45) is 4.98. The third-order valence-corrected chi connectivity index (χ3v) is 4.67. The molecule has 3 heteroatoms. The topological polar surface area (TPSA) is 33.0 Å². The van der Waals surface area contributed by atoms with E-state index in [0.29, 0.717) is 5.92 Å². The molecule has 0 saturated heterocycles. The zero-order valence-electron chi connectivity index (χ0n) is 15.4. The summed E-state index contributed by atoms with van der Waals surface area (Å²) in [4.78, 5) is 12.6. The second-order valence-electron chi connectivity index (χ2n) is 6.58. The second-order valence-corrected chi connectivity index (χ2v) is 6.58. The zero-order valence-corrected chi connectivity index (χ0v) is 15.4. The van der Waals surface area contributed by atoms with Crippen molar-refractivity contribution >= 4 is 11.6 Å². The predicted octanol–water partition coefficient (Wildman–Crippen LogP) is 4.79. The van der Waals surface area contributed by atoms with Gasteiger partial charge in [-0.3, -0.25) is 4.79 Å². The average Bonchev–Trinajstić information content (AvgIpc) is 2.68. The highest BCUT2D eigenvalue weighted by Gasteiger charge is 2.14. The fourth-order valence-corrected chi connectivity index (χ4v) is 3.04. The number of amides is 1. The summed E-state index contributed by atoms with van der Waals surface area (Å²) in [6.45, 7) is 4.63. The Morgan fingerprint density at radius 1 is 0.962 bits per heavy atom. The number of anilines is 1. The van der Waals surface area contributed by atoms with Crippen molar-refractivity contribution in [2.75, 3.05) is 5.32 Å². The van der Waals surface area contributed by atoms with E-state index in [4.69, 9.17) is 0 Å². The lowest BCUT2D eigenvalue weighted by molar-refractivity contribution is -0.683. The highest BCUT2D eigenvalue weighted by atomic mass is 16.1. The Morgan fingerprint density at radius 3 is 2.42 bits per heavy atom. The Bertz CT molecular complexity index is 874. The Morgan fingerprint density at radius 2 is 1.65 bits per heavy atom. The lowest BCUT2D eigenvalue weighted by Crippen LogP contribution is -2.39. The lowest BCUT2D eigenvalue weighted by Gasteiger charge is -2.15. The van der Waals surface area contributed by atoms with Crippen molar-refractivity contribution in [3.05, 3.63) is 84.7 Å². The van der Waals surface area contributed by atoms with Crippen LogP contribution in [0.15, 0.2) is 79.1 Å². The summed E-state index contributed by atoms with van der Waals surface area (Å²) in [5, 5.41) is 3.07. The van der Waals surface area contributed by atoms with Crippen LogP contribution in [0.5, 0.6) is 0 Å². The van der Waals surface area contributed by atoms with Crippen molar-refractivity contribution in [2.45, 2.75) is 32.7 Å². The van der Waals surface area contributed by atoms with Crippen molar-refractivity contribution in [1.82, 2.24) is 0 Å². The van der Waals surface area contributed by atoms with E-state index in [1.165, 1.54) is 5.56 Å². The minimum Gasteiger partial charge on any atom is -0.320 e. The van der Waals surface area contributed by atoms with E-state index in [2.05, 4.69) is 43.4 Å². The zero-order chi connectivity index (χ0) is 18.4. The summed E-state index contributed by atoms with van der Waals surface area (Å²) in [5.74, 6) is 0.400. The molecule has 3 rings (SSSR count). The maximum Gasteiger partial charge on any atom is 0.290 e. The molecule has 0 radical (unpaired) electrons. The van der Waals surface area contributed by atoms with Gasteiger partial charge in [0.25, 0.3) is 5.91 Å². The van der Waals surface area contributed by atoms with Crippen molar-refractivity contribution in [3.8, 4) is 11.1 Å². The van der Waals surface area contributed by atoms with Crippen molar-refractivity contribution in [2.24, 2.45) is 0 Å². The number of hydrogen-bond donors (Lipinski definition) is 1. The van der Waals surface area contributed by atoms with E-state index < -0.39 is 0 Å². The molecule has 0 aliphatic rings. The van der Waals surface area contributed by atoms with Crippen LogP contribution in [0.4, 0.5) is 5.69 Å². The van der Waals surface area contributed by atoms with Gasteiger partial charge >= 0.3 is 0 Å². The van der Waals surface area contributed by atoms with E-state index >= 15 is 0 Å². The predicted molar refractivity (Wildman–Crippen MR) is 106 cm³/mol. The third-order valence-electron chi connectivity index (χ3n) is 4.67. The largest absolute Gasteiger partial charge is 0.320 e. The number of carbonyl (C=O) groups is 1.